The van der Waals surface area contributed by atoms with E-state index in [-0.39, 0.29) is 5.82 Å². The number of rotatable bonds is 5. The molecule has 0 spiro atoms. The van der Waals surface area contributed by atoms with Crippen LogP contribution < -0.4 is 0 Å². The van der Waals surface area contributed by atoms with Crippen molar-refractivity contribution in [3.8, 4) is 0 Å². The molecule has 0 aliphatic heterocycles. The molecule has 0 unspecified atom stereocenters. The van der Waals surface area contributed by atoms with Crippen molar-refractivity contribution in [1.82, 2.24) is 0 Å². The van der Waals surface area contributed by atoms with Crippen molar-refractivity contribution in [2.24, 2.45) is 4.99 Å². The van der Waals surface area contributed by atoms with Crippen molar-refractivity contribution >= 4 is 12.0 Å². The quantitative estimate of drug-likeness (QED) is 0.443. The Bertz CT molecular complexity index is 489. The fourth-order valence-electron chi connectivity index (χ4n) is 1.66. The number of carbonyl (C=O) groups is 1. The summed E-state index contributed by atoms with van der Waals surface area (Å²) in [6, 6.07) is 5.09. The van der Waals surface area contributed by atoms with Crippen LogP contribution in [0.3, 0.4) is 0 Å². The molecule has 0 N–H and O–H groups in total. The maximum Gasteiger partial charge on any atom is 0.168 e. The molecule has 0 saturated heterocycles. The largest absolute Gasteiger partial charge is 0.296 e. The van der Waals surface area contributed by atoms with Crippen LogP contribution in [0.1, 0.15) is 38.3 Å². The summed E-state index contributed by atoms with van der Waals surface area (Å²) in [5.74, 6) is -0.211. The third-order valence-corrected chi connectivity index (χ3v) is 2.70. The third kappa shape index (κ3) is 3.62. The molecule has 18 heavy (non-hydrogen) atoms. The van der Waals surface area contributed by atoms with Crippen molar-refractivity contribution in [3.63, 3.8) is 0 Å². The standard InChI is InChI=1S/C15H18FNO/c1-4-6-12-7-8-13(9-15(12)16)11(3)17-14(5-2)10-18/h5,7-10H,4,6H2,1-3H3/b14-5-,17-11+. The molecule has 0 radical (unpaired) electrons. The molecule has 3 heteroatoms. The molecule has 1 aromatic carbocycles. The van der Waals surface area contributed by atoms with Crippen LogP contribution in [0, 0.1) is 5.82 Å². The Balaban J connectivity index is 3.04. The summed E-state index contributed by atoms with van der Waals surface area (Å²) in [5.41, 5.74) is 2.41. The van der Waals surface area contributed by atoms with Crippen LogP contribution in [0.2, 0.25) is 0 Å². The van der Waals surface area contributed by atoms with Gasteiger partial charge in [-0.15, -0.1) is 0 Å². The number of carbonyl (C=O) groups excluding carboxylic acids is 1. The maximum absolute atomic E-state index is 13.8. The highest BCUT2D eigenvalue weighted by Crippen LogP contribution is 2.14. The van der Waals surface area contributed by atoms with Crippen LogP contribution in [-0.2, 0) is 11.2 Å². The van der Waals surface area contributed by atoms with E-state index in [0.717, 1.165) is 18.4 Å². The van der Waals surface area contributed by atoms with Gasteiger partial charge in [0.25, 0.3) is 0 Å². The van der Waals surface area contributed by atoms with E-state index in [9.17, 15) is 9.18 Å². The summed E-state index contributed by atoms with van der Waals surface area (Å²) < 4.78 is 13.8. The number of hydrogen-bond acceptors (Lipinski definition) is 2. The predicted molar refractivity (Wildman–Crippen MR) is 72.4 cm³/mol. The number of benzene rings is 1. The zero-order chi connectivity index (χ0) is 13.5. The predicted octanol–water partition coefficient (Wildman–Crippen LogP) is 3.69. The van der Waals surface area contributed by atoms with Crippen molar-refractivity contribution < 1.29 is 9.18 Å². The molecule has 0 aromatic heterocycles. The van der Waals surface area contributed by atoms with E-state index in [2.05, 4.69) is 4.99 Å². The number of halogens is 1. The summed E-state index contributed by atoms with van der Waals surface area (Å²) >= 11 is 0. The lowest BCUT2D eigenvalue weighted by atomic mass is 10.0. The maximum atomic E-state index is 13.8. The minimum atomic E-state index is -0.211. The van der Waals surface area contributed by atoms with Crippen molar-refractivity contribution in [3.05, 3.63) is 46.9 Å². The van der Waals surface area contributed by atoms with Crippen LogP contribution in [0.15, 0.2) is 35.0 Å². The fourth-order valence-corrected chi connectivity index (χ4v) is 1.66. The lowest BCUT2D eigenvalue weighted by molar-refractivity contribution is -0.104. The van der Waals surface area contributed by atoms with Crippen molar-refractivity contribution in [2.75, 3.05) is 0 Å². The van der Waals surface area contributed by atoms with Gasteiger partial charge in [-0.25, -0.2) is 4.39 Å². The van der Waals surface area contributed by atoms with E-state index < -0.39 is 0 Å². The van der Waals surface area contributed by atoms with Crippen LogP contribution in [-0.4, -0.2) is 12.0 Å². The molecule has 0 amide bonds. The second kappa shape index (κ2) is 6.84. The Hall–Kier alpha value is -1.77. The Labute approximate surface area is 107 Å². The van der Waals surface area contributed by atoms with Gasteiger partial charge in [0.2, 0.25) is 0 Å². The first kappa shape index (κ1) is 14.3. The van der Waals surface area contributed by atoms with Crippen LogP contribution >= 0.6 is 0 Å². The van der Waals surface area contributed by atoms with Crippen molar-refractivity contribution in [2.45, 2.75) is 33.6 Å². The number of nitrogens with zero attached hydrogens (tertiary/aromatic N) is 1. The number of hydrogen-bond donors (Lipinski definition) is 0. The molecule has 0 aliphatic carbocycles. The number of aldehydes is 1. The Morgan fingerprint density at radius 1 is 1.44 bits per heavy atom. The lowest BCUT2D eigenvalue weighted by Crippen LogP contribution is -1.99. The van der Waals surface area contributed by atoms with E-state index in [1.54, 1.807) is 26.0 Å². The molecular formula is C15H18FNO. The molecular weight excluding hydrogens is 229 g/mol. The number of allylic oxidation sites excluding steroid dienone is 2. The smallest absolute Gasteiger partial charge is 0.168 e. The zero-order valence-electron chi connectivity index (χ0n) is 11.0. The van der Waals surface area contributed by atoms with Crippen LogP contribution in [0.25, 0.3) is 0 Å². The summed E-state index contributed by atoms with van der Waals surface area (Å²) in [5, 5.41) is 0. The van der Waals surface area contributed by atoms with Gasteiger partial charge < -0.3 is 0 Å². The fraction of sp³-hybridized carbons (Fsp3) is 0.333. The number of aryl methyl sites for hydroxylation is 1. The highest BCUT2D eigenvalue weighted by molar-refractivity contribution is 6.00. The van der Waals surface area contributed by atoms with Gasteiger partial charge in [-0.2, -0.15) is 0 Å². The molecule has 0 aliphatic rings. The normalized spacial score (nSPS) is 12.7. The zero-order valence-corrected chi connectivity index (χ0v) is 11.0. The molecule has 0 fully saturated rings. The van der Waals surface area contributed by atoms with Gasteiger partial charge in [0.05, 0.1) is 5.70 Å². The summed E-state index contributed by atoms with van der Waals surface area (Å²) in [6.45, 7) is 5.52. The minimum Gasteiger partial charge on any atom is -0.296 e. The van der Waals surface area contributed by atoms with Gasteiger partial charge in [0.1, 0.15) is 5.82 Å². The highest BCUT2D eigenvalue weighted by Gasteiger charge is 2.05. The Morgan fingerprint density at radius 3 is 2.67 bits per heavy atom. The molecule has 0 atom stereocenters. The summed E-state index contributed by atoms with van der Waals surface area (Å²) in [6.07, 6.45) is 3.96. The van der Waals surface area contributed by atoms with Gasteiger partial charge in [-0.3, -0.25) is 9.79 Å². The average molecular weight is 247 g/mol. The second-order valence-corrected chi connectivity index (χ2v) is 4.08. The SMILES string of the molecule is C/C=C(C=O)\N=C(/C)c1ccc(CCC)c(F)c1. The molecule has 1 rings (SSSR count). The summed E-state index contributed by atoms with van der Waals surface area (Å²) in [4.78, 5) is 14.8. The van der Waals surface area contributed by atoms with E-state index in [1.807, 2.05) is 13.0 Å². The molecule has 0 heterocycles. The van der Waals surface area contributed by atoms with Crippen LogP contribution in [0.5, 0.6) is 0 Å². The first-order chi connectivity index (χ1) is 8.62. The monoisotopic (exact) mass is 247 g/mol. The minimum absolute atomic E-state index is 0.211. The average Bonchev–Trinajstić information content (AvgIpc) is 2.38. The Morgan fingerprint density at radius 2 is 2.17 bits per heavy atom. The van der Waals surface area contributed by atoms with E-state index in [0.29, 0.717) is 23.3 Å². The van der Waals surface area contributed by atoms with E-state index in [1.165, 1.54) is 6.07 Å². The highest BCUT2D eigenvalue weighted by atomic mass is 19.1. The van der Waals surface area contributed by atoms with Gasteiger partial charge in [0.15, 0.2) is 6.29 Å². The van der Waals surface area contributed by atoms with Crippen molar-refractivity contribution in [1.29, 1.82) is 0 Å². The topological polar surface area (TPSA) is 29.4 Å². The van der Waals surface area contributed by atoms with Gasteiger partial charge >= 0.3 is 0 Å². The summed E-state index contributed by atoms with van der Waals surface area (Å²) in [7, 11) is 0. The second-order valence-electron chi connectivity index (χ2n) is 4.08. The van der Waals surface area contributed by atoms with Crippen LogP contribution in [0.4, 0.5) is 4.39 Å². The number of aliphatic imine (C=N–C) groups is 1. The van der Waals surface area contributed by atoms with E-state index >= 15 is 0 Å². The van der Waals surface area contributed by atoms with Gasteiger partial charge in [-0.05, 0) is 37.5 Å². The van der Waals surface area contributed by atoms with Gasteiger partial charge in [0, 0.05) is 5.71 Å². The van der Waals surface area contributed by atoms with E-state index in [4.69, 9.17) is 0 Å². The molecule has 0 saturated carbocycles. The Kier molecular flexibility index (Phi) is 5.43. The lowest BCUT2D eigenvalue weighted by Gasteiger charge is -2.05. The molecule has 0 bridgehead atoms. The third-order valence-electron chi connectivity index (χ3n) is 2.70. The first-order valence-electron chi connectivity index (χ1n) is 6.08. The van der Waals surface area contributed by atoms with Gasteiger partial charge in [-0.1, -0.05) is 31.6 Å². The first-order valence-corrected chi connectivity index (χ1v) is 6.08. The molecule has 2 nitrogen and oxygen atoms in total. The molecule has 96 valence electrons. The molecule has 1 aromatic rings.